The van der Waals surface area contributed by atoms with Crippen molar-refractivity contribution in [3.8, 4) is 55.9 Å². The second kappa shape index (κ2) is 14.7. The van der Waals surface area contributed by atoms with Crippen molar-refractivity contribution in [1.29, 1.82) is 0 Å². The molecule has 0 aliphatic rings. The molecule has 0 radical (unpaired) electrons. The van der Waals surface area contributed by atoms with Gasteiger partial charge in [-0.3, -0.25) is 0 Å². The van der Waals surface area contributed by atoms with Crippen molar-refractivity contribution in [1.82, 2.24) is 9.13 Å². The number of para-hydroxylation sites is 2. The van der Waals surface area contributed by atoms with Gasteiger partial charge in [-0.1, -0.05) is 186 Å². The van der Waals surface area contributed by atoms with E-state index in [0.29, 0.717) is 0 Å². The number of aromatic nitrogens is 2. The van der Waals surface area contributed by atoms with Crippen LogP contribution in [0.3, 0.4) is 0 Å². The lowest BCUT2D eigenvalue weighted by molar-refractivity contribution is 1.18. The van der Waals surface area contributed by atoms with Crippen molar-refractivity contribution < 1.29 is 0 Å². The Hall–Kier alpha value is -7.75. The molecule has 2 aromatic heterocycles. The fourth-order valence-electron chi connectivity index (χ4n) is 10.5. The molecule has 0 atom stereocenters. The van der Waals surface area contributed by atoms with E-state index in [1.165, 1.54) is 121 Å². The quantitative estimate of drug-likeness (QED) is 0.148. The molecule has 63 heavy (non-hydrogen) atoms. The van der Waals surface area contributed by atoms with E-state index in [1.54, 1.807) is 0 Å². The fourth-order valence-corrected chi connectivity index (χ4v) is 10.5. The van der Waals surface area contributed by atoms with E-state index in [-0.39, 0.29) is 0 Å². The maximum atomic E-state index is 2.49. The lowest BCUT2D eigenvalue weighted by atomic mass is 9.69. The zero-order chi connectivity index (χ0) is 42.2. The molecule has 0 aliphatic carbocycles. The molecule has 0 bridgehead atoms. The first-order valence-corrected chi connectivity index (χ1v) is 21.9. The molecule has 2 heterocycles. The van der Waals surface area contributed by atoms with Crippen LogP contribution in [0.5, 0.6) is 0 Å². The Morgan fingerprint density at radius 2 is 0.794 bits per heavy atom. The van der Waals surface area contributed by atoms with E-state index in [2.05, 4.69) is 245 Å². The van der Waals surface area contributed by atoms with Gasteiger partial charge in [0.1, 0.15) is 23.5 Å². The molecular weight excluding hydrogens is 757 g/mol. The second-order valence-corrected chi connectivity index (χ2v) is 16.9. The van der Waals surface area contributed by atoms with Crippen LogP contribution in [-0.2, 0) is 0 Å². The summed E-state index contributed by atoms with van der Waals surface area (Å²) in [6, 6.07) is 77.8. The van der Waals surface area contributed by atoms with E-state index < -0.39 is 0 Å². The molecule has 0 N–H and O–H groups in total. The predicted octanol–water partition coefficient (Wildman–Crippen LogP) is 10.5. The molecule has 0 fully saturated rings. The van der Waals surface area contributed by atoms with E-state index in [1.807, 2.05) is 0 Å². The Morgan fingerprint density at radius 1 is 0.302 bits per heavy atom. The second-order valence-electron chi connectivity index (χ2n) is 16.9. The molecule has 0 amide bonds. The van der Waals surface area contributed by atoms with E-state index in [0.717, 1.165) is 5.69 Å². The minimum Gasteiger partial charge on any atom is -0.310 e. The molecule has 0 unspecified atom stereocenters. The van der Waals surface area contributed by atoms with Gasteiger partial charge >= 0.3 is 0 Å². The average Bonchev–Trinajstić information content (AvgIpc) is 3.87. The Bertz CT molecular complexity index is 3730. The highest BCUT2D eigenvalue weighted by atomic mass is 15.0. The van der Waals surface area contributed by atoms with E-state index >= 15 is 0 Å². The van der Waals surface area contributed by atoms with Crippen molar-refractivity contribution in [3.63, 3.8) is 0 Å². The molecule has 0 spiro atoms. The van der Waals surface area contributed by atoms with E-state index in [4.69, 9.17) is 0 Å². The lowest BCUT2D eigenvalue weighted by Gasteiger charge is -2.19. The summed E-state index contributed by atoms with van der Waals surface area (Å²) in [5.74, 6) is 0. The molecular formula is C58H41B3N2. The first-order chi connectivity index (χ1) is 31.0. The summed E-state index contributed by atoms with van der Waals surface area (Å²) in [6.45, 7) is 0. The minimum atomic E-state index is 1.14. The largest absolute Gasteiger partial charge is 0.310 e. The van der Waals surface area contributed by atoms with Crippen molar-refractivity contribution in [3.05, 3.63) is 212 Å². The summed E-state index contributed by atoms with van der Waals surface area (Å²) >= 11 is 0. The molecule has 5 heteroatoms. The van der Waals surface area contributed by atoms with Gasteiger partial charge in [0.2, 0.25) is 0 Å². The Kier molecular flexibility index (Phi) is 8.65. The van der Waals surface area contributed by atoms with Gasteiger partial charge in [-0.25, -0.2) is 0 Å². The molecule has 0 aliphatic heterocycles. The number of hydrogen-bond acceptors (Lipinski definition) is 0. The van der Waals surface area contributed by atoms with Crippen LogP contribution in [0, 0.1) is 0 Å². The molecule has 292 valence electrons. The zero-order valence-corrected chi connectivity index (χ0v) is 35.6. The highest BCUT2D eigenvalue weighted by Gasteiger charge is 2.23. The third-order valence-electron chi connectivity index (χ3n) is 13.5. The van der Waals surface area contributed by atoms with E-state index in [9.17, 15) is 0 Å². The lowest BCUT2D eigenvalue weighted by Crippen LogP contribution is -2.35. The summed E-state index contributed by atoms with van der Waals surface area (Å²) in [5.41, 5.74) is 21.0. The van der Waals surface area contributed by atoms with Gasteiger partial charge in [-0.05, 0) is 92.2 Å². The first kappa shape index (κ1) is 37.1. The average molecular weight is 798 g/mol. The Labute approximate surface area is 369 Å². The summed E-state index contributed by atoms with van der Waals surface area (Å²) < 4.78 is 4.97. The van der Waals surface area contributed by atoms with Gasteiger partial charge in [0.25, 0.3) is 0 Å². The maximum absolute atomic E-state index is 2.49. The molecule has 12 rings (SSSR count). The topological polar surface area (TPSA) is 9.86 Å². The number of fused-ring (bicyclic) bond motifs is 7. The highest BCUT2D eigenvalue weighted by Crippen LogP contribution is 2.42. The first-order valence-electron chi connectivity index (χ1n) is 21.9. The van der Waals surface area contributed by atoms with Crippen molar-refractivity contribution in [2.75, 3.05) is 0 Å². The monoisotopic (exact) mass is 798 g/mol. The number of hydrogen-bond donors (Lipinski definition) is 0. The number of nitrogens with zero attached hydrogens (tertiary/aromatic N) is 2. The molecule has 12 aromatic rings. The van der Waals surface area contributed by atoms with Crippen LogP contribution in [0.2, 0.25) is 0 Å². The fraction of sp³-hybridized carbons (Fsp3) is 0. The van der Waals surface area contributed by atoms with Crippen molar-refractivity contribution >= 4 is 94.3 Å². The van der Waals surface area contributed by atoms with Crippen molar-refractivity contribution in [2.45, 2.75) is 0 Å². The summed E-state index contributed by atoms with van der Waals surface area (Å²) in [5, 5.41) is 7.58. The Balaban J connectivity index is 1.08. The van der Waals surface area contributed by atoms with Gasteiger partial charge < -0.3 is 9.13 Å². The highest BCUT2D eigenvalue weighted by molar-refractivity contribution is 6.60. The van der Waals surface area contributed by atoms with Crippen LogP contribution in [0.25, 0.3) is 110 Å². The third-order valence-corrected chi connectivity index (χ3v) is 13.5. The van der Waals surface area contributed by atoms with Gasteiger partial charge in [-0.15, -0.1) is 0 Å². The van der Waals surface area contributed by atoms with Crippen LogP contribution in [0.4, 0.5) is 0 Å². The predicted molar refractivity (Wildman–Crippen MR) is 279 cm³/mol. The number of benzene rings is 10. The van der Waals surface area contributed by atoms with Crippen molar-refractivity contribution in [2.24, 2.45) is 0 Å². The van der Waals surface area contributed by atoms with Gasteiger partial charge in [0.05, 0.1) is 16.6 Å². The van der Waals surface area contributed by atoms with Crippen LogP contribution in [-0.4, -0.2) is 32.7 Å². The summed E-state index contributed by atoms with van der Waals surface area (Å²) in [7, 11) is 6.96. The molecule has 2 nitrogen and oxygen atoms in total. The third kappa shape index (κ3) is 5.84. The Morgan fingerprint density at radius 3 is 1.48 bits per heavy atom. The SMILES string of the molecule is Bc1c(-c2ccc3c(c2)c2cccc(-c4cccc5ccccc45)c2n3-c2ccc(-c3ccccc3)cc2)c(B)c2c3ccccc3n(-c3ccc(-c4ccccc4)cc3)c2c1B. The van der Waals surface area contributed by atoms with Crippen LogP contribution < -0.4 is 16.4 Å². The summed E-state index contributed by atoms with van der Waals surface area (Å²) in [4.78, 5) is 0. The van der Waals surface area contributed by atoms with Gasteiger partial charge in [-0.2, -0.15) is 0 Å². The zero-order valence-electron chi connectivity index (χ0n) is 35.6. The smallest absolute Gasteiger partial charge is 0.141 e. The molecule has 0 saturated heterocycles. The molecule has 0 saturated carbocycles. The maximum Gasteiger partial charge on any atom is 0.141 e. The summed E-state index contributed by atoms with van der Waals surface area (Å²) in [6.07, 6.45) is 0. The van der Waals surface area contributed by atoms with Gasteiger partial charge in [0.15, 0.2) is 0 Å². The van der Waals surface area contributed by atoms with Crippen LogP contribution in [0.1, 0.15) is 0 Å². The van der Waals surface area contributed by atoms with Gasteiger partial charge in [0, 0.05) is 44.0 Å². The normalized spacial score (nSPS) is 11.7. The number of rotatable bonds is 6. The van der Waals surface area contributed by atoms with Crippen LogP contribution in [0.15, 0.2) is 212 Å². The minimum absolute atomic E-state index is 1.14. The van der Waals surface area contributed by atoms with Crippen LogP contribution >= 0.6 is 0 Å². The standard InChI is InChI=1S/C58H41B3N2/c59-54-52(55(60)56(61)58-53(54)48-20-9-10-24-50(48)63(58)43-32-27-39(28-33-43)37-15-5-2-6-16-37)41-29-34-51-49(35-41)47-23-12-22-46(45-21-11-18-40-17-7-8-19-44(40)45)57(47)62(51)42-30-25-38(26-31-42)36-13-3-1-4-14-36/h1-35H,59-61H2. The molecule has 10 aromatic carbocycles.